The van der Waals surface area contributed by atoms with E-state index in [-0.39, 0.29) is 6.54 Å². The van der Waals surface area contributed by atoms with Gasteiger partial charge in [-0.2, -0.15) is 4.52 Å². The molecule has 0 saturated heterocycles. The van der Waals surface area contributed by atoms with Gasteiger partial charge >= 0.3 is 5.69 Å². The fourth-order valence-corrected chi connectivity index (χ4v) is 4.96. The second-order valence-electron chi connectivity index (χ2n) is 6.37. The largest absolute Gasteiger partial charge is 0.461 e. The van der Waals surface area contributed by atoms with Crippen LogP contribution in [0.2, 0.25) is 0 Å². The lowest BCUT2D eigenvalue weighted by molar-refractivity contribution is -0.118. The Morgan fingerprint density at radius 3 is 2.96 bits per heavy atom. The van der Waals surface area contributed by atoms with Crippen LogP contribution in [0.4, 0.5) is 0 Å². The fraction of sp³-hybridized carbons (Fsp3) is 0.294. The van der Waals surface area contributed by atoms with Crippen molar-refractivity contribution in [2.45, 2.75) is 32.2 Å². The molecule has 26 heavy (non-hydrogen) atoms. The number of thiophene rings is 1. The number of furan rings is 1. The van der Waals surface area contributed by atoms with Gasteiger partial charge in [-0.15, -0.1) is 16.4 Å². The van der Waals surface area contributed by atoms with Crippen LogP contribution in [0.25, 0.3) is 27.4 Å². The van der Waals surface area contributed by atoms with E-state index in [1.165, 1.54) is 25.8 Å². The highest BCUT2D eigenvalue weighted by Gasteiger charge is 2.25. The number of aryl methyl sites for hydroxylation is 2. The number of primary amides is 1. The number of aromatic nitrogens is 4. The first-order valence-electron chi connectivity index (χ1n) is 8.39. The summed E-state index contributed by atoms with van der Waals surface area (Å²) >= 11 is 1.55. The zero-order chi connectivity index (χ0) is 17.8. The van der Waals surface area contributed by atoms with Crippen molar-refractivity contribution in [3.63, 3.8) is 0 Å². The Kier molecular flexibility index (Phi) is 3.26. The monoisotopic (exact) mass is 369 g/mol. The molecule has 0 fully saturated rings. The molecule has 8 nitrogen and oxygen atoms in total. The third-order valence-electron chi connectivity index (χ3n) is 4.70. The second-order valence-corrected chi connectivity index (χ2v) is 7.46. The van der Waals surface area contributed by atoms with Gasteiger partial charge in [0, 0.05) is 4.88 Å². The standard InChI is InChI=1S/C17H15N5O3S/c18-12(23)8-21-16-13(9-4-1-2-6-11(9)26-16)15-19-14(10-5-3-7-25-10)20-22(15)17(21)24/h3,5,7H,1-2,4,6,8H2,(H2,18,23). The van der Waals surface area contributed by atoms with E-state index in [1.807, 2.05) is 0 Å². The van der Waals surface area contributed by atoms with Crippen molar-refractivity contribution in [3.05, 3.63) is 39.3 Å². The van der Waals surface area contributed by atoms with E-state index >= 15 is 0 Å². The second kappa shape index (κ2) is 5.53. The molecule has 1 aliphatic rings. The van der Waals surface area contributed by atoms with Crippen molar-refractivity contribution >= 4 is 33.1 Å². The Balaban J connectivity index is 1.91. The van der Waals surface area contributed by atoms with Crippen LogP contribution in [-0.4, -0.2) is 25.1 Å². The van der Waals surface area contributed by atoms with Crippen molar-refractivity contribution < 1.29 is 9.21 Å². The van der Waals surface area contributed by atoms with Gasteiger partial charge in [-0.25, -0.2) is 9.78 Å². The lowest BCUT2D eigenvalue weighted by atomic mass is 9.97. The molecule has 0 radical (unpaired) electrons. The Labute approximate surface area is 150 Å². The Hall–Kier alpha value is -2.94. The zero-order valence-corrected chi connectivity index (χ0v) is 14.6. The lowest BCUT2D eigenvalue weighted by Crippen LogP contribution is -2.32. The summed E-state index contributed by atoms with van der Waals surface area (Å²) in [7, 11) is 0. The third-order valence-corrected chi connectivity index (χ3v) is 6.01. The Morgan fingerprint density at radius 1 is 1.35 bits per heavy atom. The molecule has 0 spiro atoms. The van der Waals surface area contributed by atoms with Gasteiger partial charge in [0.2, 0.25) is 11.7 Å². The molecule has 4 aromatic rings. The smallest absolute Gasteiger partial charge is 0.352 e. The number of carbonyl (C=O) groups is 1. The molecule has 0 bridgehead atoms. The van der Waals surface area contributed by atoms with Crippen LogP contribution in [-0.2, 0) is 24.2 Å². The first-order chi connectivity index (χ1) is 12.6. The van der Waals surface area contributed by atoms with Gasteiger partial charge in [-0.3, -0.25) is 9.36 Å². The van der Waals surface area contributed by atoms with Gasteiger partial charge in [-0.1, -0.05) is 0 Å². The highest BCUT2D eigenvalue weighted by atomic mass is 32.1. The summed E-state index contributed by atoms with van der Waals surface area (Å²) in [6, 6.07) is 3.49. The molecule has 0 unspecified atom stereocenters. The molecule has 0 atom stereocenters. The maximum Gasteiger partial charge on any atom is 0.352 e. The van der Waals surface area contributed by atoms with Gasteiger partial charge in [-0.05, 0) is 43.4 Å². The quantitative estimate of drug-likeness (QED) is 0.591. The predicted molar refractivity (Wildman–Crippen MR) is 96.2 cm³/mol. The molecule has 1 amide bonds. The van der Waals surface area contributed by atoms with Crippen LogP contribution >= 0.6 is 11.3 Å². The number of fused-ring (bicyclic) bond motifs is 5. The average molecular weight is 369 g/mol. The topological polar surface area (TPSA) is 108 Å². The molecular formula is C17H15N5O3S. The van der Waals surface area contributed by atoms with E-state index in [4.69, 9.17) is 10.2 Å². The third kappa shape index (κ3) is 2.13. The Morgan fingerprint density at radius 2 is 2.19 bits per heavy atom. The molecule has 0 saturated carbocycles. The van der Waals surface area contributed by atoms with Crippen LogP contribution in [0.5, 0.6) is 0 Å². The predicted octanol–water partition coefficient (Wildman–Crippen LogP) is 1.73. The summed E-state index contributed by atoms with van der Waals surface area (Å²) in [4.78, 5) is 31.1. The molecule has 0 aliphatic heterocycles. The maximum atomic E-state index is 13.0. The number of carbonyl (C=O) groups excluding carboxylic acids is 1. The van der Waals surface area contributed by atoms with E-state index in [2.05, 4.69) is 10.1 Å². The van der Waals surface area contributed by atoms with Crippen molar-refractivity contribution in [1.82, 2.24) is 19.2 Å². The molecule has 0 aromatic carbocycles. The first-order valence-corrected chi connectivity index (χ1v) is 9.21. The van der Waals surface area contributed by atoms with Gasteiger partial charge in [0.25, 0.3) is 0 Å². The van der Waals surface area contributed by atoms with Crippen molar-refractivity contribution in [1.29, 1.82) is 0 Å². The number of hydrogen-bond acceptors (Lipinski definition) is 6. The van der Waals surface area contributed by atoms with E-state index in [0.717, 1.165) is 35.9 Å². The molecular weight excluding hydrogens is 354 g/mol. The summed E-state index contributed by atoms with van der Waals surface area (Å²) < 4.78 is 8.04. The van der Waals surface area contributed by atoms with Crippen LogP contribution in [0.3, 0.4) is 0 Å². The highest BCUT2D eigenvalue weighted by molar-refractivity contribution is 7.19. The lowest BCUT2D eigenvalue weighted by Gasteiger charge is -2.10. The summed E-state index contributed by atoms with van der Waals surface area (Å²) in [6.07, 6.45) is 5.67. The zero-order valence-electron chi connectivity index (χ0n) is 13.8. The van der Waals surface area contributed by atoms with Gasteiger partial charge in [0.1, 0.15) is 11.4 Å². The SMILES string of the molecule is NC(=O)Cn1c(=O)n2nc(-c3ccco3)nc2c2c3c(sc21)CCCC3. The van der Waals surface area contributed by atoms with E-state index < -0.39 is 11.6 Å². The molecule has 5 rings (SSSR count). The number of hydrogen-bond donors (Lipinski definition) is 1. The maximum absolute atomic E-state index is 13.0. The first kappa shape index (κ1) is 15.3. The number of rotatable bonds is 3. The van der Waals surface area contributed by atoms with Crippen molar-refractivity contribution in [2.24, 2.45) is 5.73 Å². The molecule has 1 aliphatic carbocycles. The van der Waals surface area contributed by atoms with Crippen LogP contribution in [0.15, 0.2) is 27.6 Å². The van der Waals surface area contributed by atoms with Gasteiger partial charge < -0.3 is 10.2 Å². The van der Waals surface area contributed by atoms with E-state index in [9.17, 15) is 9.59 Å². The Bertz CT molecular complexity index is 1220. The van der Waals surface area contributed by atoms with Gasteiger partial charge in [0.05, 0.1) is 11.6 Å². The van der Waals surface area contributed by atoms with E-state index in [1.54, 1.807) is 23.5 Å². The van der Waals surface area contributed by atoms with Crippen LogP contribution in [0, 0.1) is 0 Å². The molecule has 2 N–H and O–H groups in total. The molecule has 132 valence electrons. The minimum absolute atomic E-state index is 0.180. The van der Waals surface area contributed by atoms with Crippen LogP contribution in [0.1, 0.15) is 23.3 Å². The summed E-state index contributed by atoms with van der Waals surface area (Å²) in [5.41, 5.74) is 6.67. The average Bonchev–Trinajstić information content (AvgIpc) is 3.34. The summed E-state index contributed by atoms with van der Waals surface area (Å²) in [6.45, 7) is -0.180. The van der Waals surface area contributed by atoms with E-state index in [0.29, 0.717) is 17.2 Å². The normalized spacial score (nSPS) is 14.2. The number of nitrogens with two attached hydrogens (primary N) is 1. The molecule has 4 aromatic heterocycles. The molecule has 9 heteroatoms. The highest BCUT2D eigenvalue weighted by Crippen LogP contribution is 2.37. The van der Waals surface area contributed by atoms with Crippen LogP contribution < -0.4 is 11.4 Å². The van der Waals surface area contributed by atoms with Crippen molar-refractivity contribution in [2.75, 3.05) is 0 Å². The minimum atomic E-state index is -0.564. The molecule has 4 heterocycles. The summed E-state index contributed by atoms with van der Waals surface area (Å²) in [5, 5.41) is 5.23. The van der Waals surface area contributed by atoms with Gasteiger partial charge in [0.15, 0.2) is 11.4 Å². The number of amides is 1. The van der Waals surface area contributed by atoms with Crippen molar-refractivity contribution in [3.8, 4) is 11.6 Å². The minimum Gasteiger partial charge on any atom is -0.461 e. The summed E-state index contributed by atoms with van der Waals surface area (Å²) in [5.74, 6) is 0.276. The number of nitrogens with zero attached hydrogens (tertiary/aromatic N) is 4. The fourth-order valence-electron chi connectivity index (χ4n) is 3.59.